The summed E-state index contributed by atoms with van der Waals surface area (Å²) in [5.74, 6) is 0. The predicted octanol–water partition coefficient (Wildman–Crippen LogP) is 7.01. The maximum atomic E-state index is 5.70. The minimum absolute atomic E-state index is 0.772. The summed E-state index contributed by atoms with van der Waals surface area (Å²) in [4.78, 5) is 0. The zero-order chi connectivity index (χ0) is 18.5. The number of nitrogens with two attached hydrogens (primary N) is 1. The van der Waals surface area contributed by atoms with E-state index in [0.717, 1.165) is 33.6 Å². The van der Waals surface area contributed by atoms with Crippen molar-refractivity contribution in [2.75, 3.05) is 5.73 Å². The zero-order valence-corrected chi connectivity index (χ0v) is 14.8. The molecule has 0 saturated heterocycles. The third-order valence-corrected chi connectivity index (χ3v) is 4.31. The lowest BCUT2D eigenvalue weighted by molar-refractivity contribution is 1.23. The lowest BCUT2D eigenvalue weighted by Crippen LogP contribution is -1.82. The molecule has 0 aromatic heterocycles. The van der Waals surface area contributed by atoms with E-state index in [0.29, 0.717) is 0 Å². The molecule has 130 valence electrons. The van der Waals surface area contributed by atoms with E-state index in [1.165, 1.54) is 5.39 Å². The molecule has 4 aromatic carbocycles. The van der Waals surface area contributed by atoms with Gasteiger partial charge in [0.15, 0.2) is 0 Å². The van der Waals surface area contributed by atoms with Crippen molar-refractivity contribution < 1.29 is 0 Å². The molecule has 0 aliphatic heterocycles. The Morgan fingerprint density at radius 3 is 1.81 bits per heavy atom. The van der Waals surface area contributed by atoms with Crippen LogP contribution in [0.1, 0.15) is 11.1 Å². The SMILES string of the molecule is Nc1ccc(/C=C/c2ccc(N=Nc3ccc4ccccc4c3)cc2)cc1. The van der Waals surface area contributed by atoms with Crippen LogP contribution < -0.4 is 5.73 Å². The first-order valence-corrected chi connectivity index (χ1v) is 8.80. The fourth-order valence-electron chi connectivity index (χ4n) is 2.81. The lowest BCUT2D eigenvalue weighted by Gasteiger charge is -1.99. The molecule has 0 heterocycles. The lowest BCUT2D eigenvalue weighted by atomic mass is 10.1. The number of anilines is 1. The van der Waals surface area contributed by atoms with E-state index in [4.69, 9.17) is 5.73 Å². The van der Waals surface area contributed by atoms with Gasteiger partial charge in [-0.3, -0.25) is 0 Å². The second kappa shape index (κ2) is 7.67. The van der Waals surface area contributed by atoms with Gasteiger partial charge in [0.1, 0.15) is 0 Å². The smallest absolute Gasteiger partial charge is 0.0863 e. The van der Waals surface area contributed by atoms with E-state index in [-0.39, 0.29) is 0 Å². The number of benzene rings is 4. The van der Waals surface area contributed by atoms with Gasteiger partial charge < -0.3 is 5.73 Å². The summed E-state index contributed by atoms with van der Waals surface area (Å²) in [6.45, 7) is 0. The molecule has 27 heavy (non-hydrogen) atoms. The Kier molecular flexibility index (Phi) is 4.75. The van der Waals surface area contributed by atoms with Gasteiger partial charge in [0.25, 0.3) is 0 Å². The molecule has 0 aliphatic rings. The van der Waals surface area contributed by atoms with Gasteiger partial charge in [-0.05, 0) is 58.3 Å². The summed E-state index contributed by atoms with van der Waals surface area (Å²) in [5, 5.41) is 11.1. The van der Waals surface area contributed by atoms with Gasteiger partial charge >= 0.3 is 0 Å². The molecule has 0 radical (unpaired) electrons. The number of rotatable bonds is 4. The van der Waals surface area contributed by atoms with Crippen molar-refractivity contribution in [3.05, 3.63) is 102 Å². The highest BCUT2D eigenvalue weighted by Gasteiger charge is 1.95. The Hall–Kier alpha value is -3.72. The molecule has 0 unspecified atom stereocenters. The summed E-state index contributed by atoms with van der Waals surface area (Å²) < 4.78 is 0. The number of fused-ring (bicyclic) bond motifs is 1. The Morgan fingerprint density at radius 2 is 1.11 bits per heavy atom. The van der Waals surface area contributed by atoms with Crippen LogP contribution in [-0.4, -0.2) is 0 Å². The topological polar surface area (TPSA) is 50.7 Å². The molecule has 0 fully saturated rings. The standard InChI is InChI=1S/C24H19N3/c25-22-12-7-18(8-13-22)5-6-19-9-14-23(15-10-19)26-27-24-16-11-20-3-1-2-4-21(20)17-24/h1-17H,25H2/b6-5+,27-26?. The van der Waals surface area contributed by atoms with Crippen molar-refractivity contribution in [3.8, 4) is 0 Å². The summed E-state index contributed by atoms with van der Waals surface area (Å²) in [6.07, 6.45) is 4.13. The minimum Gasteiger partial charge on any atom is -0.399 e. The van der Waals surface area contributed by atoms with Crippen molar-refractivity contribution >= 4 is 40.0 Å². The van der Waals surface area contributed by atoms with E-state index in [9.17, 15) is 0 Å². The van der Waals surface area contributed by atoms with Crippen molar-refractivity contribution in [2.24, 2.45) is 10.2 Å². The summed E-state index contributed by atoms with van der Waals surface area (Å²) in [6, 6.07) is 30.1. The second-order valence-electron chi connectivity index (χ2n) is 6.32. The molecule has 0 amide bonds. The molecule has 0 atom stereocenters. The first-order chi connectivity index (χ1) is 13.3. The molecular formula is C24H19N3. The second-order valence-corrected chi connectivity index (χ2v) is 6.32. The molecule has 0 spiro atoms. The van der Waals surface area contributed by atoms with Crippen LogP contribution in [-0.2, 0) is 0 Å². The van der Waals surface area contributed by atoms with Crippen LogP contribution in [0, 0.1) is 0 Å². The average molecular weight is 349 g/mol. The van der Waals surface area contributed by atoms with Gasteiger partial charge in [0.05, 0.1) is 11.4 Å². The summed E-state index contributed by atoms with van der Waals surface area (Å²) >= 11 is 0. The number of nitrogen functional groups attached to an aromatic ring is 1. The van der Waals surface area contributed by atoms with Crippen molar-refractivity contribution in [3.63, 3.8) is 0 Å². The fraction of sp³-hybridized carbons (Fsp3) is 0. The molecule has 0 saturated carbocycles. The van der Waals surface area contributed by atoms with Gasteiger partial charge in [-0.15, -0.1) is 0 Å². The zero-order valence-electron chi connectivity index (χ0n) is 14.8. The van der Waals surface area contributed by atoms with Crippen molar-refractivity contribution in [1.82, 2.24) is 0 Å². The number of hydrogen-bond donors (Lipinski definition) is 1. The maximum absolute atomic E-state index is 5.70. The van der Waals surface area contributed by atoms with Gasteiger partial charge in [-0.25, -0.2) is 0 Å². The van der Waals surface area contributed by atoms with Crippen molar-refractivity contribution in [2.45, 2.75) is 0 Å². The van der Waals surface area contributed by atoms with E-state index in [2.05, 4.69) is 40.6 Å². The molecular weight excluding hydrogens is 330 g/mol. The van der Waals surface area contributed by atoms with Crippen LogP contribution in [0.3, 0.4) is 0 Å². The Labute approximate surface area is 158 Å². The minimum atomic E-state index is 0.772. The highest BCUT2D eigenvalue weighted by Crippen LogP contribution is 2.23. The van der Waals surface area contributed by atoms with Gasteiger partial charge in [-0.1, -0.05) is 66.7 Å². The number of hydrogen-bond acceptors (Lipinski definition) is 3. The molecule has 3 nitrogen and oxygen atoms in total. The van der Waals surface area contributed by atoms with E-state index in [1.807, 2.05) is 72.8 Å². The molecule has 4 aromatic rings. The first kappa shape index (κ1) is 16.7. The Bertz CT molecular complexity index is 1110. The van der Waals surface area contributed by atoms with Crippen LogP contribution in [0.15, 0.2) is 101 Å². The molecule has 3 heteroatoms. The van der Waals surface area contributed by atoms with Gasteiger partial charge in [0.2, 0.25) is 0 Å². The van der Waals surface area contributed by atoms with Crippen molar-refractivity contribution in [1.29, 1.82) is 0 Å². The van der Waals surface area contributed by atoms with Crippen LogP contribution in [0.25, 0.3) is 22.9 Å². The predicted molar refractivity (Wildman–Crippen MR) is 114 cm³/mol. The van der Waals surface area contributed by atoms with E-state index >= 15 is 0 Å². The largest absolute Gasteiger partial charge is 0.399 e. The van der Waals surface area contributed by atoms with Crippen LogP contribution >= 0.6 is 0 Å². The molecule has 2 N–H and O–H groups in total. The monoisotopic (exact) mass is 349 g/mol. The summed E-state index contributed by atoms with van der Waals surface area (Å²) in [5.41, 5.74) is 10.4. The highest BCUT2D eigenvalue weighted by atomic mass is 15.1. The van der Waals surface area contributed by atoms with Gasteiger partial charge in [0, 0.05) is 5.69 Å². The van der Waals surface area contributed by atoms with Crippen LogP contribution in [0.5, 0.6) is 0 Å². The Balaban J connectivity index is 1.46. The Morgan fingerprint density at radius 1 is 0.556 bits per heavy atom. The quantitative estimate of drug-likeness (QED) is 0.240. The van der Waals surface area contributed by atoms with E-state index in [1.54, 1.807) is 0 Å². The number of azo groups is 1. The average Bonchev–Trinajstić information content (AvgIpc) is 2.72. The maximum Gasteiger partial charge on any atom is 0.0863 e. The third kappa shape index (κ3) is 4.28. The van der Waals surface area contributed by atoms with Crippen LogP contribution in [0.4, 0.5) is 17.1 Å². The third-order valence-electron chi connectivity index (χ3n) is 4.31. The first-order valence-electron chi connectivity index (χ1n) is 8.80. The molecule has 4 rings (SSSR count). The highest BCUT2D eigenvalue weighted by molar-refractivity contribution is 5.85. The normalized spacial score (nSPS) is 11.6. The number of nitrogens with zero attached hydrogens (tertiary/aromatic N) is 2. The van der Waals surface area contributed by atoms with Gasteiger partial charge in [-0.2, -0.15) is 10.2 Å². The molecule has 0 bridgehead atoms. The summed E-state index contributed by atoms with van der Waals surface area (Å²) in [7, 11) is 0. The van der Waals surface area contributed by atoms with Crippen LogP contribution in [0.2, 0.25) is 0 Å². The van der Waals surface area contributed by atoms with E-state index < -0.39 is 0 Å². The fourth-order valence-corrected chi connectivity index (χ4v) is 2.81. The molecule has 0 aliphatic carbocycles.